The highest BCUT2D eigenvalue weighted by atomic mass is 32.2. The molecule has 0 aromatic carbocycles. The molecule has 0 aliphatic carbocycles. The number of fused-ring (bicyclic) bond motifs is 4. The molecule has 3 aliphatic heterocycles. The van der Waals surface area contributed by atoms with E-state index in [0.717, 1.165) is 0 Å². The number of hydrogen-bond donors (Lipinski definition) is 3. The van der Waals surface area contributed by atoms with Gasteiger partial charge in [-0.25, -0.2) is 34.3 Å². The van der Waals surface area contributed by atoms with Crippen molar-refractivity contribution in [1.82, 2.24) is 43.8 Å². The minimum Gasteiger partial charge on any atom is -0.382 e. The Morgan fingerprint density at radius 2 is 1.60 bits per heavy atom. The molecular weight excluding hydrogens is 604 g/mol. The summed E-state index contributed by atoms with van der Waals surface area (Å²) in [5.74, 6) is 0.230. The topological polar surface area (TPSA) is 249 Å². The zero-order valence-corrected chi connectivity index (χ0v) is 22.9. The molecule has 3 aliphatic rings. The van der Waals surface area contributed by atoms with Crippen LogP contribution < -0.4 is 16.2 Å². The molecule has 222 valence electrons. The molecule has 7 heterocycles. The summed E-state index contributed by atoms with van der Waals surface area (Å²) in [5, 5.41) is 0. The number of nitrogen functional groups attached to an aromatic ring is 2. The van der Waals surface area contributed by atoms with Gasteiger partial charge in [0.15, 0.2) is 41.4 Å². The zero-order chi connectivity index (χ0) is 29.2. The van der Waals surface area contributed by atoms with Crippen molar-refractivity contribution in [2.24, 2.45) is 0 Å². The highest BCUT2D eigenvalue weighted by molar-refractivity contribution is 7.84. The first-order valence-electron chi connectivity index (χ1n) is 12.4. The molecule has 0 radical (unpaired) electrons. The van der Waals surface area contributed by atoms with E-state index in [4.69, 9.17) is 34.2 Å². The van der Waals surface area contributed by atoms with E-state index in [1.54, 1.807) is 4.57 Å². The third-order valence-corrected chi connectivity index (χ3v) is 8.87. The molecule has 0 amide bonds. The lowest BCUT2D eigenvalue weighted by molar-refractivity contribution is -0.0393. The number of rotatable bonds is 2. The molecule has 0 saturated carbocycles. The second kappa shape index (κ2) is 10.3. The second-order valence-electron chi connectivity index (χ2n) is 9.57. The summed E-state index contributed by atoms with van der Waals surface area (Å²) in [7, 11) is -7.34. The Labute approximate surface area is 235 Å². The average Bonchev–Trinajstić information content (AvgIpc) is 3.72. The first-order valence-corrected chi connectivity index (χ1v) is 14.9. The number of nitrogens with zero attached hydrogens (tertiary/aromatic N) is 8. The predicted molar refractivity (Wildman–Crippen MR) is 137 cm³/mol. The highest BCUT2D eigenvalue weighted by Crippen LogP contribution is 2.42. The van der Waals surface area contributed by atoms with Crippen LogP contribution in [0.5, 0.6) is 0 Å². The Bertz CT molecular complexity index is 1790. The fourth-order valence-corrected chi connectivity index (χ4v) is 6.86. The lowest BCUT2D eigenvalue weighted by atomic mass is 10.1. The number of halogens is 1. The fraction of sp³-hybridized carbons (Fsp3) is 0.500. The summed E-state index contributed by atoms with van der Waals surface area (Å²) in [5.41, 5.74) is 12.8. The number of alkyl halides is 1. The van der Waals surface area contributed by atoms with E-state index < -0.39 is 74.8 Å². The minimum absolute atomic E-state index is 0.0256. The molecule has 1 unspecified atom stereocenters. The summed E-state index contributed by atoms with van der Waals surface area (Å²) in [6.45, 7) is -0.891. The molecule has 4 aromatic heterocycles. The van der Waals surface area contributed by atoms with Crippen molar-refractivity contribution in [2.45, 2.75) is 49.5 Å². The molecule has 5 N–H and O–H groups in total. The number of anilines is 2. The van der Waals surface area contributed by atoms with Crippen molar-refractivity contribution in [2.75, 3.05) is 24.6 Å². The van der Waals surface area contributed by atoms with Gasteiger partial charge in [0.2, 0.25) is 0 Å². The molecule has 3 saturated heterocycles. The number of imidazole rings is 2. The second-order valence-corrected chi connectivity index (χ2v) is 11.9. The molecule has 3 fully saturated rings. The number of aromatic nitrogens is 8. The summed E-state index contributed by atoms with van der Waals surface area (Å²) in [6, 6.07) is 0. The molecule has 0 bridgehead atoms. The van der Waals surface area contributed by atoms with Crippen molar-refractivity contribution in [1.29, 1.82) is 0 Å². The smallest absolute Gasteiger partial charge is 0.382 e. The lowest BCUT2D eigenvalue weighted by Gasteiger charge is -2.20. The van der Waals surface area contributed by atoms with Crippen LogP contribution in [0.1, 0.15) is 18.9 Å². The van der Waals surface area contributed by atoms with E-state index in [2.05, 4.69) is 34.6 Å². The maximum absolute atomic E-state index is 15.8. The van der Waals surface area contributed by atoms with Gasteiger partial charge < -0.3 is 20.9 Å². The first kappa shape index (κ1) is 27.3. The molecule has 42 heavy (non-hydrogen) atoms. The number of nitrogens with one attached hydrogen (secondary N) is 1. The van der Waals surface area contributed by atoms with E-state index in [1.807, 2.05) is 0 Å². The van der Waals surface area contributed by atoms with Gasteiger partial charge in [-0.15, -0.1) is 9.05 Å². The molecule has 8 atom stereocenters. The van der Waals surface area contributed by atoms with Gasteiger partial charge in [0.05, 0.1) is 12.7 Å². The third-order valence-electron chi connectivity index (χ3n) is 7.07. The van der Waals surface area contributed by atoms with Gasteiger partial charge in [-0.3, -0.25) is 13.3 Å². The van der Waals surface area contributed by atoms with Gasteiger partial charge in [0, 0.05) is 17.5 Å². The van der Waals surface area contributed by atoms with Crippen molar-refractivity contribution in [3.63, 3.8) is 0 Å². The number of ether oxygens (including phenoxy) is 2. The molecular formula is C20H22FN11O8PS+. The molecule has 22 heteroatoms. The SMILES string of the molecule is Nc1ncnc2c1ncn2[C@@H]1O[C@@H]2CNS(=O)(=O)O[C@H]3C[C@H](n4cnc5c(N)ncnc54)O[C@@H]3CO[P+](=O)O[C@H]2[C@H]1F. The van der Waals surface area contributed by atoms with E-state index in [1.165, 1.54) is 29.9 Å². The predicted octanol–water partition coefficient (Wildman–Crippen LogP) is -0.354. The fourth-order valence-electron chi connectivity index (χ4n) is 5.11. The van der Waals surface area contributed by atoms with Crippen molar-refractivity contribution >= 4 is 52.5 Å². The third kappa shape index (κ3) is 4.72. The normalized spacial score (nSPS) is 32.8. The largest absolute Gasteiger partial charge is 0.697 e. The molecule has 0 spiro atoms. The Morgan fingerprint density at radius 1 is 0.929 bits per heavy atom. The summed E-state index contributed by atoms with van der Waals surface area (Å²) in [6.07, 6.45) is -3.81. The van der Waals surface area contributed by atoms with Crippen LogP contribution >= 0.6 is 8.25 Å². The number of hydrogen-bond acceptors (Lipinski definition) is 16. The van der Waals surface area contributed by atoms with E-state index in [9.17, 15) is 13.0 Å². The number of nitrogens with two attached hydrogens (primary N) is 2. The molecule has 19 nitrogen and oxygen atoms in total. The van der Waals surface area contributed by atoms with Crippen LogP contribution in [0, 0.1) is 0 Å². The van der Waals surface area contributed by atoms with Gasteiger partial charge in [-0.2, -0.15) is 13.1 Å². The van der Waals surface area contributed by atoms with Gasteiger partial charge in [0.25, 0.3) is 0 Å². The van der Waals surface area contributed by atoms with E-state index >= 15 is 4.39 Å². The van der Waals surface area contributed by atoms with Crippen LogP contribution in [-0.4, -0.2) is 91.2 Å². The van der Waals surface area contributed by atoms with Crippen molar-refractivity contribution in [3.05, 3.63) is 25.3 Å². The molecule has 7 rings (SSSR count). The molecule has 4 aromatic rings. The van der Waals surface area contributed by atoms with Gasteiger partial charge in [-0.05, 0) is 0 Å². The van der Waals surface area contributed by atoms with Crippen LogP contribution in [0.25, 0.3) is 22.3 Å². The van der Waals surface area contributed by atoms with Crippen LogP contribution in [0.15, 0.2) is 25.3 Å². The van der Waals surface area contributed by atoms with Crippen molar-refractivity contribution in [3.8, 4) is 0 Å². The highest BCUT2D eigenvalue weighted by Gasteiger charge is 2.53. The maximum atomic E-state index is 15.8. The van der Waals surface area contributed by atoms with Gasteiger partial charge in [0.1, 0.15) is 54.8 Å². The van der Waals surface area contributed by atoms with Crippen LogP contribution in [0.2, 0.25) is 0 Å². The Morgan fingerprint density at radius 3 is 2.31 bits per heavy atom. The summed E-state index contributed by atoms with van der Waals surface area (Å²) in [4.78, 5) is 24.3. The summed E-state index contributed by atoms with van der Waals surface area (Å²) >= 11 is 0. The van der Waals surface area contributed by atoms with Crippen LogP contribution in [0.4, 0.5) is 16.0 Å². The Balaban J connectivity index is 1.12. The minimum atomic E-state index is -4.43. The average molecular weight is 627 g/mol. The van der Waals surface area contributed by atoms with E-state index in [-0.39, 0.29) is 29.2 Å². The summed E-state index contributed by atoms with van der Waals surface area (Å²) < 4.78 is 87.6. The van der Waals surface area contributed by atoms with Crippen LogP contribution in [0.3, 0.4) is 0 Å². The Kier molecular flexibility index (Phi) is 6.70. The standard InChI is InChI=1S/C20H22FN11O8PS/c21-12-15-9(38-20(12)32-7-29-14-17(23)25-5-27-19(14)32)2-30-42(34,35)40-8-1-11(37-10(8)3-36-41(33)39-15)31-6-28-13-16(22)24-4-26-18(13)31/h4-12,15,20,30H,1-3H2,(H2,22,24,26)(H2,23,25,27)/q+1/t8-,9+,10+,11+,12+,15+,20+/m0/s1. The van der Waals surface area contributed by atoms with Gasteiger partial charge in [-0.1, -0.05) is 0 Å². The van der Waals surface area contributed by atoms with Crippen molar-refractivity contribution < 1.29 is 40.1 Å². The maximum Gasteiger partial charge on any atom is 0.697 e. The van der Waals surface area contributed by atoms with Crippen LogP contribution in [-0.2, 0) is 37.6 Å². The first-order chi connectivity index (χ1) is 20.2. The lowest BCUT2D eigenvalue weighted by Crippen LogP contribution is -2.43. The van der Waals surface area contributed by atoms with E-state index in [0.29, 0.717) is 11.2 Å². The monoisotopic (exact) mass is 626 g/mol. The zero-order valence-electron chi connectivity index (χ0n) is 21.2. The quantitative estimate of drug-likeness (QED) is 0.240. The van der Waals surface area contributed by atoms with Gasteiger partial charge >= 0.3 is 18.6 Å². The Hall–Kier alpha value is -3.56.